The number of phenols is 3. The maximum Gasteiger partial charge on any atom is 0.326 e. The zero-order valence-electron chi connectivity index (χ0n) is 63.1. The zero-order chi connectivity index (χ0) is 86.3. The molecule has 0 aromatic heterocycles. The molecule has 0 saturated carbocycles. The highest BCUT2D eigenvalue weighted by atomic mass is 35.5. The summed E-state index contributed by atoms with van der Waals surface area (Å²) in [7, 11) is 0. The van der Waals surface area contributed by atoms with Crippen LogP contribution in [0.25, 0.3) is 11.1 Å². The summed E-state index contributed by atoms with van der Waals surface area (Å²) >= 11 is 14.2. The van der Waals surface area contributed by atoms with Crippen LogP contribution in [-0.2, 0) is 68.7 Å². The maximum atomic E-state index is 16.2. The van der Waals surface area contributed by atoms with Crippen LogP contribution in [0.2, 0.25) is 10.0 Å². The fourth-order valence-corrected chi connectivity index (χ4v) is 14.5. The number of nitrogens with two attached hydrogens (primary N) is 2. The van der Waals surface area contributed by atoms with Gasteiger partial charge in [0.1, 0.15) is 113 Å². The summed E-state index contributed by atoms with van der Waals surface area (Å²) in [6, 6.07) is 2.02. The summed E-state index contributed by atoms with van der Waals surface area (Å²) in [5.74, 6) is -20.0. The number of hydrogen-bond acceptors (Lipinski definition) is 29. The summed E-state index contributed by atoms with van der Waals surface area (Å²) in [6.07, 6.45) is -19.0. The first kappa shape index (κ1) is 88.3. The number of phenolic OH excluding ortho intramolecular Hbond substituents is 3. The number of carbonyl (C=O) groups is 10. The predicted octanol–water partition coefficient (Wildman–Crippen LogP) is -0.0727. The van der Waals surface area contributed by atoms with Crippen molar-refractivity contribution >= 4 is 82.4 Å². The average molecular weight is 1700 g/mol. The Balaban J connectivity index is 1.12. The third-order valence-corrected chi connectivity index (χ3v) is 20.9. The molecule has 6 aromatic rings. The highest BCUT2D eigenvalue weighted by Gasteiger charge is 2.52. The van der Waals surface area contributed by atoms with Gasteiger partial charge >= 0.3 is 11.9 Å². The van der Waals surface area contributed by atoms with Gasteiger partial charge in [0.15, 0.2) is 23.9 Å². The van der Waals surface area contributed by atoms with Crippen LogP contribution in [-0.4, -0.2) is 225 Å². The number of ether oxygens (including phenoxy) is 7. The summed E-state index contributed by atoms with van der Waals surface area (Å²) in [6.45, 7) is 5.40. The monoisotopic (exact) mass is 1700 g/mol. The van der Waals surface area contributed by atoms with Crippen LogP contribution in [0.1, 0.15) is 110 Å². The number of primary amides is 1. The number of hydrogen-bond donors (Lipinski definition) is 22. The van der Waals surface area contributed by atoms with Crippen LogP contribution in [0.5, 0.6) is 51.7 Å². The smallest absolute Gasteiger partial charge is 0.326 e. The Bertz CT molecular complexity index is 4910. The number of rotatable bonds is 23. The van der Waals surface area contributed by atoms with Gasteiger partial charge in [-0.25, -0.2) is 4.79 Å². The van der Waals surface area contributed by atoms with Gasteiger partial charge in [-0.15, -0.1) is 6.58 Å². The van der Waals surface area contributed by atoms with E-state index in [9.17, 15) is 90.0 Å². The molecule has 11 bridgehead atoms. The molecule has 7 aliphatic heterocycles. The second-order valence-electron chi connectivity index (χ2n) is 28.9. The second kappa shape index (κ2) is 37.6. The van der Waals surface area contributed by atoms with Crippen LogP contribution in [0, 0.1) is 0 Å². The Hall–Kier alpha value is -11.5. The molecule has 41 heteroatoms. The summed E-state index contributed by atoms with van der Waals surface area (Å²) in [5, 5.41) is 154. The van der Waals surface area contributed by atoms with Crippen molar-refractivity contribution in [3.05, 3.63) is 159 Å². The molecule has 0 spiro atoms. The van der Waals surface area contributed by atoms with Gasteiger partial charge in [0.2, 0.25) is 59.3 Å². The molecule has 2 fully saturated rings. The van der Waals surface area contributed by atoms with Crippen molar-refractivity contribution in [2.24, 2.45) is 11.5 Å². The standard InChI is InChI=1S/C78H86Cl2N10O29/c1-4-5-17-113-38-8-6-7-32(18-38)28-83-78(3)27-55(114-31(2)68(78)103)118-67-65(102)64(101)52(30-92)117-77(67)119-66-50-22-36-23-51(66)116-49-15-11-35(21-42(49)80)63(100)61-75(110)88-59(73(108)84-44(76(111)112)12-16-54(97)98)40-24-37(93)25-47(95)56(40)39-19-33(9-13-46(39)94)57(71(106)90-61)87-72(107)58(36)86-70(105)45(26-53(82)96)85-74(109)60(89-69(104)43(81)29-91)62(99)34-10-14-48(115-50)41(79)20-34/h4,6-11,13-15,18-25,31,43-45,52,55,57-65,67-68,77,83,91-95,99-103H,1,5,12,16-17,26-30,81H2,2-3H3,(H2,82,96)(H,84,108)(H,85,109)(H,86,105)(H,87,107)(H,88,110)(H,89,104)(H,90,106)(H,97,98)(H,111,112)/t31-,43-,44-,45-,52+,55-,57+,58+,59-,60+,61-,62+,63+,64+,65-,67+,68+,77-,78-/m0/s1. The first-order chi connectivity index (χ1) is 56.5. The largest absolute Gasteiger partial charge is 0.508 e. The van der Waals surface area contributed by atoms with Crippen molar-refractivity contribution in [2.75, 3.05) is 19.8 Å². The van der Waals surface area contributed by atoms with Crippen LogP contribution in [0.3, 0.4) is 0 Å². The molecular weight excluding hydrogens is 1610 g/mol. The Morgan fingerprint density at radius 1 is 0.723 bits per heavy atom. The van der Waals surface area contributed by atoms with E-state index >= 15 is 19.2 Å². The van der Waals surface area contributed by atoms with Crippen LogP contribution >= 0.6 is 23.2 Å². The van der Waals surface area contributed by atoms with E-state index in [-0.39, 0.29) is 24.1 Å². The lowest BCUT2D eigenvalue weighted by atomic mass is 9.84. The second-order valence-corrected chi connectivity index (χ2v) is 29.7. The van der Waals surface area contributed by atoms with Crippen molar-refractivity contribution in [1.29, 1.82) is 0 Å². The number of aliphatic carboxylic acids is 2. The quantitative estimate of drug-likeness (QED) is 0.0295. The van der Waals surface area contributed by atoms with E-state index in [4.69, 9.17) is 67.8 Å². The third-order valence-electron chi connectivity index (χ3n) is 20.4. The van der Waals surface area contributed by atoms with Gasteiger partial charge < -0.3 is 148 Å². The number of halogens is 2. The van der Waals surface area contributed by atoms with Gasteiger partial charge in [0, 0.05) is 42.1 Å². The topological polar surface area (TPSA) is 626 Å². The fraction of sp³-hybridized carbons (Fsp3) is 0.385. The van der Waals surface area contributed by atoms with Gasteiger partial charge in [0.25, 0.3) is 0 Å². The van der Waals surface area contributed by atoms with Crippen molar-refractivity contribution in [2.45, 2.75) is 168 Å². The van der Waals surface area contributed by atoms with E-state index in [1.807, 2.05) is 6.07 Å². The number of amides is 8. The van der Waals surface area contributed by atoms with Crippen LogP contribution in [0.15, 0.2) is 116 Å². The normalized spacial score (nSPS) is 26.8. The minimum Gasteiger partial charge on any atom is -0.508 e. The molecular formula is C78H86Cl2N10O29. The number of aliphatic hydroxyl groups is 7. The van der Waals surface area contributed by atoms with Crippen molar-refractivity contribution in [1.82, 2.24) is 42.5 Å². The van der Waals surface area contributed by atoms with Gasteiger partial charge in [-0.3, -0.25) is 43.2 Å². The highest BCUT2D eigenvalue weighted by molar-refractivity contribution is 6.32. The number of carboxylic acid groups (broad SMARTS) is 2. The van der Waals surface area contributed by atoms with Crippen LogP contribution in [0.4, 0.5) is 0 Å². The van der Waals surface area contributed by atoms with Gasteiger partial charge in [0.05, 0.1) is 48.5 Å². The molecule has 0 radical (unpaired) electrons. The van der Waals surface area contributed by atoms with Gasteiger partial charge in [-0.2, -0.15) is 0 Å². The van der Waals surface area contributed by atoms with Crippen molar-refractivity contribution in [3.8, 4) is 62.9 Å². The van der Waals surface area contributed by atoms with Crippen LogP contribution < -0.4 is 72.9 Å². The SMILES string of the molecule is C=CCCOc1cccc(CN[C@@]2(C)C[C@H](O[C@H]3[C@H](Oc4c5cc6cc4Oc4ccc(cc4Cl)[C@@H](O)[C@@H](NC(=O)[C@@H](N)CO)C(=O)N[C@@H](CC(N)=O)C(=O)N[C@H]6C(=O)N[C@H]4C(=O)N[C@H](C(=O)N[C@H](C(=O)N[C@@H](CCC(=O)O)C(=O)O)c6cc(O)cc(O)c6-c6cc4ccc6O)[C@H](O)c4ccc(c(Cl)c4)O5)O[C@H](CO)[C@@H](O)[C@@H]3O)O[C@@H](C)[C@H]2O)c1. The number of nitrogens with one attached hydrogen (secondary N) is 8. The minimum absolute atomic E-state index is 0.144. The molecule has 8 amide bonds. The highest BCUT2D eigenvalue weighted by Crippen LogP contribution is 2.50. The van der Waals surface area contributed by atoms with E-state index in [1.54, 1.807) is 31.2 Å². The first-order valence-corrected chi connectivity index (χ1v) is 37.7. The van der Waals surface area contributed by atoms with E-state index in [1.165, 1.54) is 6.92 Å². The molecule has 636 valence electrons. The molecule has 119 heavy (non-hydrogen) atoms. The Morgan fingerprint density at radius 2 is 1.37 bits per heavy atom. The Morgan fingerprint density at radius 3 is 2.00 bits per heavy atom. The number of fused-ring (bicyclic) bond motifs is 15. The zero-order valence-corrected chi connectivity index (χ0v) is 64.6. The summed E-state index contributed by atoms with van der Waals surface area (Å²) in [4.78, 5) is 143. The molecule has 0 aliphatic carbocycles. The molecule has 7 aliphatic rings. The molecule has 13 rings (SSSR count). The number of aromatic hydroxyl groups is 3. The number of aliphatic hydroxyl groups excluding tert-OH is 7. The molecule has 7 heterocycles. The summed E-state index contributed by atoms with van der Waals surface area (Å²) < 4.78 is 45.1. The van der Waals surface area contributed by atoms with E-state index in [2.05, 4.69) is 49.1 Å². The number of carboxylic acids is 2. The molecule has 24 N–H and O–H groups in total. The lowest BCUT2D eigenvalue weighted by molar-refractivity contribution is -0.334. The minimum atomic E-state index is -2.46. The average Bonchev–Trinajstić information content (AvgIpc) is 0.765. The van der Waals surface area contributed by atoms with Crippen molar-refractivity contribution in [3.63, 3.8) is 0 Å². The third kappa shape index (κ3) is 20.1. The molecule has 6 aromatic carbocycles. The van der Waals surface area contributed by atoms with E-state index < -0.39 is 291 Å². The molecule has 39 nitrogen and oxygen atoms in total. The van der Waals surface area contributed by atoms with Crippen molar-refractivity contribution < 1.29 is 142 Å². The van der Waals surface area contributed by atoms with E-state index in [0.717, 1.165) is 78.4 Å². The lowest BCUT2D eigenvalue weighted by Gasteiger charge is -2.48. The predicted molar refractivity (Wildman–Crippen MR) is 410 cm³/mol. The summed E-state index contributed by atoms with van der Waals surface area (Å²) in [5.41, 5.74) is 7.46. The molecule has 19 atom stereocenters. The van der Waals surface area contributed by atoms with Gasteiger partial charge in [-0.05, 0) is 127 Å². The fourth-order valence-electron chi connectivity index (χ4n) is 14.0. The molecule has 0 unspecified atom stereocenters. The Labute approximate surface area is 685 Å². The van der Waals surface area contributed by atoms with E-state index in [0.29, 0.717) is 24.8 Å². The number of carbonyl (C=O) groups excluding carboxylic acids is 8. The maximum absolute atomic E-state index is 16.2. The molecule has 2 saturated heterocycles. The Kier molecular flexibility index (Phi) is 27.9. The lowest BCUT2D eigenvalue weighted by Crippen LogP contribution is -2.65. The number of benzene rings is 6. The van der Waals surface area contributed by atoms with Gasteiger partial charge in [-0.1, -0.05) is 59.6 Å². The first-order valence-electron chi connectivity index (χ1n) is 36.9.